The van der Waals surface area contributed by atoms with Gasteiger partial charge in [0.05, 0.1) is 17.4 Å². The van der Waals surface area contributed by atoms with Crippen molar-refractivity contribution in [1.29, 1.82) is 0 Å². The highest BCUT2D eigenvalue weighted by molar-refractivity contribution is 5.56. The Balaban J connectivity index is 2.54. The van der Waals surface area contributed by atoms with E-state index in [0.29, 0.717) is 17.9 Å². The van der Waals surface area contributed by atoms with Crippen LogP contribution < -0.4 is 11.3 Å². The van der Waals surface area contributed by atoms with Crippen LogP contribution in [0.2, 0.25) is 0 Å². The second kappa shape index (κ2) is 4.38. The smallest absolute Gasteiger partial charge is 0.251 e. The number of aryl methyl sites for hydroxylation is 1. The summed E-state index contributed by atoms with van der Waals surface area (Å²) >= 11 is 0. The summed E-state index contributed by atoms with van der Waals surface area (Å²) in [5, 5.41) is 4.07. The molecular weight excluding hydrogens is 230 g/mol. The minimum absolute atomic E-state index is 0.205. The van der Waals surface area contributed by atoms with Crippen molar-refractivity contribution in [3.05, 3.63) is 34.6 Å². The van der Waals surface area contributed by atoms with Crippen molar-refractivity contribution in [3.8, 4) is 11.3 Å². The summed E-state index contributed by atoms with van der Waals surface area (Å²) in [5.41, 5.74) is 6.65. The standard InChI is InChI=1S/C12H17N5O/c1-4-12(2,13)11-15-9(5-10(18)16-11)8-6-14-17(3)7-8/h5-7H,4,13H2,1-3H3,(H,15,16,18). The number of aromatic nitrogens is 4. The molecule has 96 valence electrons. The average Bonchev–Trinajstić information content (AvgIpc) is 2.75. The summed E-state index contributed by atoms with van der Waals surface area (Å²) in [6.45, 7) is 3.80. The van der Waals surface area contributed by atoms with Gasteiger partial charge < -0.3 is 10.7 Å². The van der Waals surface area contributed by atoms with Crippen LogP contribution in [0.15, 0.2) is 23.3 Å². The van der Waals surface area contributed by atoms with Crippen molar-refractivity contribution in [2.45, 2.75) is 25.8 Å². The summed E-state index contributed by atoms with van der Waals surface area (Å²) in [4.78, 5) is 18.8. The van der Waals surface area contributed by atoms with Crippen molar-refractivity contribution in [2.75, 3.05) is 0 Å². The van der Waals surface area contributed by atoms with Crippen molar-refractivity contribution < 1.29 is 0 Å². The molecule has 0 saturated carbocycles. The zero-order valence-electron chi connectivity index (χ0n) is 10.8. The number of hydrogen-bond donors (Lipinski definition) is 2. The Kier molecular flexibility index (Phi) is 3.04. The van der Waals surface area contributed by atoms with E-state index in [0.717, 1.165) is 5.56 Å². The van der Waals surface area contributed by atoms with E-state index < -0.39 is 5.54 Å². The minimum atomic E-state index is -0.641. The lowest BCUT2D eigenvalue weighted by atomic mass is 9.99. The molecule has 18 heavy (non-hydrogen) atoms. The second-order valence-electron chi connectivity index (χ2n) is 4.65. The average molecular weight is 247 g/mol. The molecule has 6 nitrogen and oxygen atoms in total. The molecule has 1 atom stereocenters. The van der Waals surface area contributed by atoms with E-state index in [2.05, 4.69) is 15.1 Å². The molecule has 0 aliphatic carbocycles. The second-order valence-corrected chi connectivity index (χ2v) is 4.65. The van der Waals surface area contributed by atoms with Gasteiger partial charge >= 0.3 is 0 Å². The van der Waals surface area contributed by atoms with Gasteiger partial charge in [0.1, 0.15) is 5.82 Å². The van der Waals surface area contributed by atoms with Crippen LogP contribution >= 0.6 is 0 Å². The van der Waals surface area contributed by atoms with Crippen molar-refractivity contribution in [1.82, 2.24) is 19.7 Å². The van der Waals surface area contributed by atoms with E-state index in [9.17, 15) is 4.79 Å². The molecule has 3 N–H and O–H groups in total. The third kappa shape index (κ3) is 2.33. The number of H-pyrrole nitrogens is 1. The summed E-state index contributed by atoms with van der Waals surface area (Å²) < 4.78 is 1.67. The molecule has 0 fully saturated rings. The first-order chi connectivity index (χ1) is 8.42. The summed E-state index contributed by atoms with van der Waals surface area (Å²) in [6, 6.07) is 1.45. The van der Waals surface area contributed by atoms with E-state index in [-0.39, 0.29) is 5.56 Å². The third-order valence-electron chi connectivity index (χ3n) is 3.02. The van der Waals surface area contributed by atoms with Crippen molar-refractivity contribution in [3.63, 3.8) is 0 Å². The molecule has 0 saturated heterocycles. The summed E-state index contributed by atoms with van der Waals surface area (Å²) in [5.74, 6) is 0.497. The van der Waals surface area contributed by atoms with Gasteiger partial charge in [-0.05, 0) is 13.3 Å². The lowest BCUT2D eigenvalue weighted by molar-refractivity contribution is 0.444. The molecule has 0 bridgehead atoms. The van der Waals surface area contributed by atoms with Crippen LogP contribution in [-0.2, 0) is 12.6 Å². The lowest BCUT2D eigenvalue weighted by Crippen LogP contribution is -2.36. The van der Waals surface area contributed by atoms with Gasteiger partial charge in [0.2, 0.25) is 0 Å². The quantitative estimate of drug-likeness (QED) is 0.837. The number of aromatic amines is 1. The maximum absolute atomic E-state index is 11.7. The van der Waals surface area contributed by atoms with Crippen LogP contribution in [0.3, 0.4) is 0 Å². The third-order valence-corrected chi connectivity index (χ3v) is 3.02. The van der Waals surface area contributed by atoms with Crippen LogP contribution in [0.4, 0.5) is 0 Å². The highest BCUT2D eigenvalue weighted by Gasteiger charge is 2.22. The molecule has 0 aliphatic rings. The van der Waals surface area contributed by atoms with Crippen molar-refractivity contribution >= 4 is 0 Å². The molecule has 2 heterocycles. The number of nitrogens with zero attached hydrogens (tertiary/aromatic N) is 3. The first kappa shape index (κ1) is 12.5. The maximum atomic E-state index is 11.7. The Labute approximate surface area is 105 Å². The van der Waals surface area contributed by atoms with E-state index in [1.807, 2.05) is 27.1 Å². The first-order valence-electron chi connectivity index (χ1n) is 5.82. The van der Waals surface area contributed by atoms with Crippen LogP contribution in [0, 0.1) is 0 Å². The van der Waals surface area contributed by atoms with E-state index >= 15 is 0 Å². The van der Waals surface area contributed by atoms with Gasteiger partial charge in [-0.25, -0.2) is 4.98 Å². The number of nitrogens with one attached hydrogen (secondary N) is 1. The van der Waals surface area contributed by atoms with Crippen LogP contribution in [0.1, 0.15) is 26.1 Å². The van der Waals surface area contributed by atoms with Crippen LogP contribution in [0.25, 0.3) is 11.3 Å². The van der Waals surface area contributed by atoms with Gasteiger partial charge in [0.15, 0.2) is 0 Å². The van der Waals surface area contributed by atoms with Gasteiger partial charge in [-0.15, -0.1) is 0 Å². The maximum Gasteiger partial charge on any atom is 0.251 e. The molecule has 1 unspecified atom stereocenters. The van der Waals surface area contributed by atoms with E-state index in [4.69, 9.17) is 5.73 Å². The molecule has 0 spiro atoms. The molecule has 0 radical (unpaired) electrons. The topological polar surface area (TPSA) is 89.6 Å². The molecular formula is C12H17N5O. The Morgan fingerprint density at radius 2 is 2.28 bits per heavy atom. The largest absolute Gasteiger partial charge is 0.319 e. The zero-order valence-corrected chi connectivity index (χ0v) is 10.8. The molecule has 0 aromatic carbocycles. The Morgan fingerprint density at radius 1 is 1.56 bits per heavy atom. The Hall–Kier alpha value is -1.95. The monoisotopic (exact) mass is 247 g/mol. The number of hydrogen-bond acceptors (Lipinski definition) is 4. The minimum Gasteiger partial charge on any atom is -0.319 e. The zero-order chi connectivity index (χ0) is 13.3. The van der Waals surface area contributed by atoms with Gasteiger partial charge in [0.25, 0.3) is 5.56 Å². The normalized spacial score (nSPS) is 14.4. The fourth-order valence-electron chi connectivity index (χ4n) is 1.60. The number of nitrogens with two attached hydrogens (primary N) is 1. The first-order valence-corrected chi connectivity index (χ1v) is 5.82. The molecule has 0 aliphatic heterocycles. The van der Waals surface area contributed by atoms with Gasteiger partial charge in [0, 0.05) is 24.9 Å². The lowest BCUT2D eigenvalue weighted by Gasteiger charge is -2.21. The van der Waals surface area contributed by atoms with Gasteiger partial charge in [-0.1, -0.05) is 6.92 Å². The Morgan fingerprint density at radius 3 is 2.83 bits per heavy atom. The molecule has 2 aromatic heterocycles. The van der Waals surface area contributed by atoms with Gasteiger partial charge in [-0.2, -0.15) is 5.10 Å². The highest BCUT2D eigenvalue weighted by atomic mass is 16.1. The fourth-order valence-corrected chi connectivity index (χ4v) is 1.60. The van der Waals surface area contributed by atoms with Gasteiger partial charge in [-0.3, -0.25) is 9.48 Å². The predicted molar refractivity (Wildman–Crippen MR) is 68.9 cm³/mol. The number of rotatable bonds is 3. The van der Waals surface area contributed by atoms with Crippen LogP contribution in [0.5, 0.6) is 0 Å². The van der Waals surface area contributed by atoms with Crippen LogP contribution in [-0.4, -0.2) is 19.7 Å². The van der Waals surface area contributed by atoms with E-state index in [1.165, 1.54) is 6.07 Å². The SMILES string of the molecule is CCC(C)(N)c1nc(-c2cnn(C)c2)cc(=O)[nH]1. The summed E-state index contributed by atoms with van der Waals surface area (Å²) in [7, 11) is 1.82. The fraction of sp³-hybridized carbons (Fsp3) is 0.417. The predicted octanol–water partition coefficient (Wildman–Crippen LogP) is 0.754. The van der Waals surface area contributed by atoms with E-state index in [1.54, 1.807) is 10.9 Å². The van der Waals surface area contributed by atoms with Crippen molar-refractivity contribution in [2.24, 2.45) is 12.8 Å². The molecule has 2 rings (SSSR count). The molecule has 0 amide bonds. The Bertz CT molecular complexity index is 611. The molecule has 6 heteroatoms. The summed E-state index contributed by atoms with van der Waals surface area (Å²) in [6.07, 6.45) is 4.17. The highest BCUT2D eigenvalue weighted by Crippen LogP contribution is 2.19. The molecule has 2 aromatic rings.